The first-order chi connectivity index (χ1) is 8.43. The molecule has 1 heterocycles. The fourth-order valence-electron chi connectivity index (χ4n) is 1.13. The van der Waals surface area contributed by atoms with Gasteiger partial charge in [-0.3, -0.25) is 13.9 Å². The van der Waals surface area contributed by atoms with E-state index in [4.69, 9.17) is 9.05 Å². The molecule has 1 unspecified atom stereocenters. The molecule has 0 radical (unpaired) electrons. The van der Waals surface area contributed by atoms with Gasteiger partial charge in [-0.2, -0.15) is 8.88 Å². The van der Waals surface area contributed by atoms with E-state index in [0.717, 1.165) is 4.34 Å². The molecule has 7 nitrogen and oxygen atoms in total. The van der Waals surface area contributed by atoms with Crippen LogP contribution in [0.15, 0.2) is 30.6 Å². The van der Waals surface area contributed by atoms with E-state index in [1.54, 1.807) is 32.0 Å². The van der Waals surface area contributed by atoms with Crippen molar-refractivity contribution in [2.45, 2.75) is 13.8 Å². The fraction of sp³-hybridized carbons (Fsp3) is 0.444. The lowest BCUT2D eigenvalue weighted by Crippen LogP contribution is -2.30. The molecule has 1 atom stereocenters. The maximum Gasteiger partial charge on any atom is 0.619 e. The quantitative estimate of drug-likeness (QED) is 0.776. The average molecular weight is 296 g/mol. The summed E-state index contributed by atoms with van der Waals surface area (Å²) in [7, 11) is -8.36. The van der Waals surface area contributed by atoms with Crippen LogP contribution in [0.3, 0.4) is 0 Å². The first kappa shape index (κ1) is 15.5. The molecule has 0 amide bonds. The zero-order valence-electron chi connectivity index (χ0n) is 10.1. The molecule has 0 saturated heterocycles. The van der Waals surface area contributed by atoms with Crippen LogP contribution >= 0.6 is 15.6 Å². The van der Waals surface area contributed by atoms with Gasteiger partial charge in [-0.25, -0.2) is 4.57 Å². The molecule has 0 bridgehead atoms. The SMILES string of the molecule is CCOP(=O)(OCC)OP(=O)(O)[n+]1ccccc1. The van der Waals surface area contributed by atoms with Gasteiger partial charge in [0.05, 0.1) is 13.2 Å². The Bertz CT molecular complexity index is 455. The smallest absolute Gasteiger partial charge is 0.287 e. The summed E-state index contributed by atoms with van der Waals surface area (Å²) in [5.41, 5.74) is 0. The Labute approximate surface area is 106 Å². The molecular formula is C9H16NO6P2+. The summed E-state index contributed by atoms with van der Waals surface area (Å²) < 4.78 is 39.1. The van der Waals surface area contributed by atoms with E-state index in [0.29, 0.717) is 0 Å². The normalized spacial score (nSPS) is 15.3. The number of nitrogens with zero attached hydrogens (tertiary/aromatic N) is 1. The molecule has 102 valence electrons. The van der Waals surface area contributed by atoms with E-state index in [9.17, 15) is 14.0 Å². The minimum absolute atomic E-state index is 0.0384. The van der Waals surface area contributed by atoms with Crippen LogP contribution in [-0.4, -0.2) is 18.1 Å². The summed E-state index contributed by atoms with van der Waals surface area (Å²) in [4.78, 5) is 9.74. The van der Waals surface area contributed by atoms with Gasteiger partial charge in [0.1, 0.15) is 0 Å². The number of hydrogen-bond donors (Lipinski definition) is 1. The Morgan fingerprint density at radius 2 is 1.56 bits per heavy atom. The molecule has 0 spiro atoms. The van der Waals surface area contributed by atoms with Gasteiger partial charge in [-0.15, -0.1) is 4.34 Å². The van der Waals surface area contributed by atoms with Crippen molar-refractivity contribution in [2.75, 3.05) is 13.2 Å². The minimum atomic E-state index is -4.32. The molecule has 0 saturated carbocycles. The van der Waals surface area contributed by atoms with Crippen molar-refractivity contribution in [1.29, 1.82) is 0 Å². The van der Waals surface area contributed by atoms with Gasteiger partial charge in [0.2, 0.25) is 0 Å². The van der Waals surface area contributed by atoms with Crippen molar-refractivity contribution < 1.29 is 31.7 Å². The van der Waals surface area contributed by atoms with Crippen LogP contribution in [0.4, 0.5) is 0 Å². The molecular weight excluding hydrogens is 280 g/mol. The van der Waals surface area contributed by atoms with Gasteiger partial charge < -0.3 is 0 Å². The highest BCUT2D eigenvalue weighted by atomic mass is 31.3. The van der Waals surface area contributed by atoms with Crippen LogP contribution in [0, 0.1) is 0 Å². The maximum absolute atomic E-state index is 12.0. The Hall–Kier alpha value is -0.550. The summed E-state index contributed by atoms with van der Waals surface area (Å²) in [6, 6.07) is 4.75. The van der Waals surface area contributed by atoms with Crippen LogP contribution in [0.1, 0.15) is 13.8 Å². The predicted molar refractivity (Wildman–Crippen MR) is 63.8 cm³/mol. The Morgan fingerprint density at radius 3 is 2.00 bits per heavy atom. The third kappa shape index (κ3) is 4.28. The molecule has 1 aromatic heterocycles. The molecule has 0 aliphatic rings. The van der Waals surface area contributed by atoms with Crippen molar-refractivity contribution in [3.63, 3.8) is 0 Å². The topological polar surface area (TPSA) is 85.9 Å². The zero-order valence-corrected chi connectivity index (χ0v) is 11.9. The third-order valence-corrected chi connectivity index (χ3v) is 5.42. The van der Waals surface area contributed by atoms with E-state index in [1.165, 1.54) is 12.4 Å². The van der Waals surface area contributed by atoms with Crippen molar-refractivity contribution in [1.82, 2.24) is 0 Å². The molecule has 0 aliphatic heterocycles. The Balaban J connectivity index is 2.93. The predicted octanol–water partition coefficient (Wildman–Crippen LogP) is 2.12. The van der Waals surface area contributed by atoms with E-state index in [-0.39, 0.29) is 13.2 Å². The summed E-state index contributed by atoms with van der Waals surface area (Å²) in [5.74, 6) is 0. The van der Waals surface area contributed by atoms with Crippen LogP contribution in [-0.2, 0) is 22.5 Å². The van der Waals surface area contributed by atoms with Gasteiger partial charge >= 0.3 is 15.6 Å². The maximum atomic E-state index is 12.0. The molecule has 1 aromatic rings. The van der Waals surface area contributed by atoms with Crippen molar-refractivity contribution in [3.8, 4) is 0 Å². The molecule has 1 rings (SSSR count). The van der Waals surface area contributed by atoms with Crippen molar-refractivity contribution in [2.24, 2.45) is 0 Å². The van der Waals surface area contributed by atoms with E-state index >= 15 is 0 Å². The van der Waals surface area contributed by atoms with Crippen molar-refractivity contribution in [3.05, 3.63) is 30.6 Å². The highest BCUT2D eigenvalue weighted by Crippen LogP contribution is 2.60. The van der Waals surface area contributed by atoms with E-state index < -0.39 is 15.6 Å². The lowest BCUT2D eigenvalue weighted by Gasteiger charge is -2.15. The summed E-state index contributed by atoms with van der Waals surface area (Å²) in [5, 5.41) is 0. The molecule has 0 aliphatic carbocycles. The summed E-state index contributed by atoms with van der Waals surface area (Å²) in [6.45, 7) is 3.23. The Kier molecular flexibility index (Phi) is 5.66. The highest BCUT2D eigenvalue weighted by molar-refractivity contribution is 7.60. The lowest BCUT2D eigenvalue weighted by atomic mass is 10.5. The number of rotatable bonds is 7. The van der Waals surface area contributed by atoms with Gasteiger partial charge in [0.25, 0.3) is 0 Å². The number of hydrogen-bond acceptors (Lipinski definition) is 5. The summed E-state index contributed by atoms with van der Waals surface area (Å²) in [6.07, 6.45) is 2.64. The third-order valence-electron chi connectivity index (χ3n) is 1.77. The van der Waals surface area contributed by atoms with E-state index in [2.05, 4.69) is 4.31 Å². The van der Waals surface area contributed by atoms with Gasteiger partial charge in [-0.05, 0) is 13.8 Å². The second-order valence-electron chi connectivity index (χ2n) is 3.11. The van der Waals surface area contributed by atoms with Gasteiger partial charge in [0, 0.05) is 12.1 Å². The Morgan fingerprint density at radius 1 is 1.06 bits per heavy atom. The largest absolute Gasteiger partial charge is 0.619 e. The first-order valence-corrected chi connectivity index (χ1v) is 8.33. The monoisotopic (exact) mass is 296 g/mol. The second kappa shape index (κ2) is 6.57. The zero-order chi connectivity index (χ0) is 13.6. The second-order valence-corrected chi connectivity index (χ2v) is 6.62. The van der Waals surface area contributed by atoms with Crippen LogP contribution < -0.4 is 4.34 Å². The van der Waals surface area contributed by atoms with E-state index in [1.807, 2.05) is 0 Å². The van der Waals surface area contributed by atoms with Crippen LogP contribution in [0.25, 0.3) is 0 Å². The average Bonchev–Trinajstić information content (AvgIpc) is 2.29. The molecule has 0 aromatic carbocycles. The number of phosphoric ester groups is 1. The fourth-order valence-corrected chi connectivity index (χ4v) is 4.09. The molecule has 9 heteroatoms. The van der Waals surface area contributed by atoms with Gasteiger partial charge in [0.15, 0.2) is 12.4 Å². The number of phosphoric acid groups is 1. The van der Waals surface area contributed by atoms with Crippen LogP contribution in [0.5, 0.6) is 0 Å². The number of aromatic nitrogens is 1. The molecule has 18 heavy (non-hydrogen) atoms. The van der Waals surface area contributed by atoms with Gasteiger partial charge in [-0.1, -0.05) is 6.07 Å². The standard InChI is InChI=1S/C9H15NO6P2/c1-3-14-18(13,15-4-2)16-17(11,12)10-8-6-5-7-9-10/h5-9H,3-4H2,1-2H3/p+1. The number of pyridine rings is 1. The summed E-state index contributed by atoms with van der Waals surface area (Å²) >= 11 is 0. The lowest BCUT2D eigenvalue weighted by molar-refractivity contribution is -0.537. The molecule has 1 N–H and O–H groups in total. The van der Waals surface area contributed by atoms with Crippen LogP contribution in [0.2, 0.25) is 0 Å². The molecule has 0 fully saturated rings. The minimum Gasteiger partial charge on any atom is -0.287 e. The van der Waals surface area contributed by atoms with Crippen molar-refractivity contribution >= 4 is 15.6 Å². The first-order valence-electron chi connectivity index (χ1n) is 5.34. The highest BCUT2D eigenvalue weighted by Gasteiger charge is 2.44.